The van der Waals surface area contributed by atoms with Gasteiger partial charge in [-0.3, -0.25) is 0 Å². The normalized spacial score (nSPS) is 15.3. The molecule has 1 fully saturated rings. The number of hydrogen-bond donors (Lipinski definition) is 4. The van der Waals surface area contributed by atoms with Gasteiger partial charge in [0.2, 0.25) is 0 Å². The largest absolute Gasteiger partial charge is 0.341 e. The van der Waals surface area contributed by atoms with Crippen LogP contribution in [0.2, 0.25) is 0 Å². The second kappa shape index (κ2) is 11.1. The molecule has 2 aromatic carbocycles. The lowest BCUT2D eigenvalue weighted by atomic mass is 10.0. The van der Waals surface area contributed by atoms with E-state index in [2.05, 4.69) is 86.0 Å². The van der Waals surface area contributed by atoms with Crippen molar-refractivity contribution in [1.82, 2.24) is 30.6 Å². The van der Waals surface area contributed by atoms with Crippen LogP contribution in [0.5, 0.6) is 0 Å². The number of hydrogen-bond acceptors (Lipinski definition) is 4. The highest BCUT2D eigenvalue weighted by Gasteiger charge is 2.19. The molecule has 6 nitrogen and oxygen atoms in total. The maximum Gasteiger partial charge on any atom is 0.123 e. The van der Waals surface area contributed by atoms with Gasteiger partial charge in [0.25, 0.3) is 0 Å². The molecule has 2 aromatic heterocycles. The molecule has 0 aliphatic carbocycles. The lowest BCUT2D eigenvalue weighted by Crippen LogP contribution is -2.14. The maximum absolute atomic E-state index is 4.58. The Labute approximate surface area is 196 Å². The van der Waals surface area contributed by atoms with Gasteiger partial charge in [-0.2, -0.15) is 0 Å². The highest BCUT2D eigenvalue weighted by molar-refractivity contribution is 5.71. The fraction of sp³-hybridized carbons (Fsp3) is 0.333. The standard InChI is InChI=1S/C25H28N6.C2H6/c1-2-26-16-24-28-14-22(30-24)19-9-5-17(6-10-19)18-7-11-20(12-8-18)23-15-29-25(31-23)21-4-3-13-27-21;1-2/h5-12,14-15,21,26-27H,2-4,13,16H2,1H3,(H,28,30)(H,29,31);1-2H3. The first kappa shape index (κ1) is 23.0. The van der Waals surface area contributed by atoms with Gasteiger partial charge in [0.1, 0.15) is 11.6 Å². The molecule has 0 bridgehead atoms. The SMILES string of the molecule is CC.CCNCc1ncc(-c2ccc(-c3ccc(-c4cnc(C5CCCN5)[nH]4)cc3)cc2)[nH]1. The summed E-state index contributed by atoms with van der Waals surface area (Å²) in [4.78, 5) is 15.9. The predicted octanol–water partition coefficient (Wildman–Crippen LogP) is 5.69. The quantitative estimate of drug-likeness (QED) is 0.296. The second-order valence-corrected chi connectivity index (χ2v) is 8.01. The van der Waals surface area contributed by atoms with Gasteiger partial charge < -0.3 is 20.6 Å². The van der Waals surface area contributed by atoms with Crippen LogP contribution in [-0.2, 0) is 6.54 Å². The lowest BCUT2D eigenvalue weighted by Gasteiger charge is -2.06. The molecule has 0 amide bonds. The van der Waals surface area contributed by atoms with Crippen molar-refractivity contribution in [3.63, 3.8) is 0 Å². The Kier molecular flexibility index (Phi) is 7.70. The van der Waals surface area contributed by atoms with Gasteiger partial charge in [-0.1, -0.05) is 69.3 Å². The molecule has 1 atom stereocenters. The van der Waals surface area contributed by atoms with Crippen molar-refractivity contribution >= 4 is 0 Å². The summed E-state index contributed by atoms with van der Waals surface area (Å²) in [5.41, 5.74) is 6.80. The monoisotopic (exact) mass is 442 g/mol. The summed E-state index contributed by atoms with van der Waals surface area (Å²) in [5, 5.41) is 6.78. The van der Waals surface area contributed by atoms with Crippen LogP contribution in [0.1, 0.15) is 51.3 Å². The number of nitrogens with zero attached hydrogens (tertiary/aromatic N) is 2. The molecule has 1 aliphatic rings. The van der Waals surface area contributed by atoms with E-state index in [1.807, 2.05) is 26.2 Å². The minimum Gasteiger partial charge on any atom is -0.341 e. The number of H-pyrrole nitrogens is 2. The first-order valence-corrected chi connectivity index (χ1v) is 12.0. The summed E-state index contributed by atoms with van der Waals surface area (Å²) >= 11 is 0. The fourth-order valence-corrected chi connectivity index (χ4v) is 4.11. The molecule has 4 aromatic rings. The first-order chi connectivity index (χ1) is 16.3. The van der Waals surface area contributed by atoms with E-state index in [1.54, 1.807) is 0 Å². The molecule has 1 unspecified atom stereocenters. The molecule has 4 N–H and O–H groups in total. The molecule has 0 spiro atoms. The summed E-state index contributed by atoms with van der Waals surface area (Å²) in [6.45, 7) is 8.86. The fourth-order valence-electron chi connectivity index (χ4n) is 4.11. The molecular formula is C27H34N6. The summed E-state index contributed by atoms with van der Waals surface area (Å²) < 4.78 is 0. The average molecular weight is 443 g/mol. The van der Waals surface area contributed by atoms with Gasteiger partial charge in [-0.05, 0) is 48.2 Å². The van der Waals surface area contributed by atoms with E-state index in [4.69, 9.17) is 0 Å². The number of rotatable bonds is 7. The summed E-state index contributed by atoms with van der Waals surface area (Å²) in [7, 11) is 0. The molecule has 0 radical (unpaired) electrons. The molecule has 172 valence electrons. The Balaban J connectivity index is 0.00000126. The van der Waals surface area contributed by atoms with Crippen LogP contribution < -0.4 is 10.6 Å². The van der Waals surface area contributed by atoms with Crippen LogP contribution in [0.3, 0.4) is 0 Å². The van der Waals surface area contributed by atoms with Crippen molar-refractivity contribution in [1.29, 1.82) is 0 Å². The Morgan fingerprint density at radius 3 is 1.97 bits per heavy atom. The van der Waals surface area contributed by atoms with E-state index in [9.17, 15) is 0 Å². The number of nitrogens with one attached hydrogen (secondary N) is 4. The van der Waals surface area contributed by atoms with Crippen LogP contribution in [0, 0.1) is 0 Å². The summed E-state index contributed by atoms with van der Waals surface area (Å²) in [6.07, 6.45) is 6.20. The van der Waals surface area contributed by atoms with Gasteiger partial charge in [0, 0.05) is 0 Å². The molecule has 0 saturated carbocycles. The molecule has 1 aliphatic heterocycles. The van der Waals surface area contributed by atoms with Crippen molar-refractivity contribution in [3.05, 3.63) is 72.6 Å². The van der Waals surface area contributed by atoms with Gasteiger partial charge in [-0.25, -0.2) is 9.97 Å². The lowest BCUT2D eigenvalue weighted by molar-refractivity contribution is 0.613. The van der Waals surface area contributed by atoms with Gasteiger partial charge in [-0.15, -0.1) is 0 Å². The van der Waals surface area contributed by atoms with E-state index in [1.165, 1.54) is 17.5 Å². The van der Waals surface area contributed by atoms with Gasteiger partial charge >= 0.3 is 0 Å². The van der Waals surface area contributed by atoms with Crippen LogP contribution in [0.4, 0.5) is 0 Å². The molecule has 33 heavy (non-hydrogen) atoms. The topological polar surface area (TPSA) is 81.4 Å². The maximum atomic E-state index is 4.58. The van der Waals surface area contributed by atoms with E-state index in [0.717, 1.165) is 60.2 Å². The minimum atomic E-state index is 0.361. The van der Waals surface area contributed by atoms with Gasteiger partial charge in [0.15, 0.2) is 0 Å². The third-order valence-corrected chi connectivity index (χ3v) is 5.88. The van der Waals surface area contributed by atoms with Crippen molar-refractivity contribution < 1.29 is 0 Å². The number of imidazole rings is 2. The zero-order valence-corrected chi connectivity index (χ0v) is 19.8. The van der Waals surface area contributed by atoms with E-state index >= 15 is 0 Å². The average Bonchev–Trinajstić information content (AvgIpc) is 3.66. The third kappa shape index (κ3) is 5.41. The molecule has 1 saturated heterocycles. The number of aromatic nitrogens is 4. The highest BCUT2D eigenvalue weighted by atomic mass is 15.0. The number of benzene rings is 2. The molecule has 3 heterocycles. The highest BCUT2D eigenvalue weighted by Crippen LogP contribution is 2.28. The van der Waals surface area contributed by atoms with E-state index < -0.39 is 0 Å². The Bertz CT molecular complexity index is 1120. The molecule has 5 rings (SSSR count). The van der Waals surface area contributed by atoms with E-state index in [0.29, 0.717) is 6.04 Å². The Morgan fingerprint density at radius 1 is 0.818 bits per heavy atom. The number of aromatic amines is 2. The van der Waals surface area contributed by atoms with Crippen molar-refractivity contribution in [2.24, 2.45) is 0 Å². The zero-order valence-electron chi connectivity index (χ0n) is 19.8. The minimum absolute atomic E-state index is 0.361. The summed E-state index contributed by atoms with van der Waals surface area (Å²) in [5.74, 6) is 2.00. The van der Waals surface area contributed by atoms with Crippen molar-refractivity contribution in [3.8, 4) is 33.6 Å². The Hall–Kier alpha value is -3.22. The molecular weight excluding hydrogens is 408 g/mol. The Morgan fingerprint density at radius 2 is 1.39 bits per heavy atom. The second-order valence-electron chi connectivity index (χ2n) is 8.01. The first-order valence-electron chi connectivity index (χ1n) is 12.0. The molecule has 6 heteroatoms. The van der Waals surface area contributed by atoms with Crippen LogP contribution >= 0.6 is 0 Å². The van der Waals surface area contributed by atoms with Crippen molar-refractivity contribution in [2.75, 3.05) is 13.1 Å². The van der Waals surface area contributed by atoms with Crippen LogP contribution in [0.25, 0.3) is 33.6 Å². The van der Waals surface area contributed by atoms with Crippen LogP contribution in [-0.4, -0.2) is 33.0 Å². The van der Waals surface area contributed by atoms with Crippen LogP contribution in [0.15, 0.2) is 60.9 Å². The summed E-state index contributed by atoms with van der Waals surface area (Å²) in [6, 6.07) is 17.6. The van der Waals surface area contributed by atoms with Gasteiger partial charge in [0.05, 0.1) is 36.4 Å². The third-order valence-electron chi connectivity index (χ3n) is 5.88. The van der Waals surface area contributed by atoms with E-state index in [-0.39, 0.29) is 0 Å². The predicted molar refractivity (Wildman–Crippen MR) is 136 cm³/mol. The zero-order chi connectivity index (χ0) is 23.0. The van der Waals surface area contributed by atoms with Crippen molar-refractivity contribution in [2.45, 2.75) is 46.2 Å². The smallest absolute Gasteiger partial charge is 0.123 e.